The molecular formula is C21H15BrN2O3S. The second-order valence-corrected chi connectivity index (χ2v) is 7.33. The molecule has 0 atom stereocenters. The molecule has 1 heterocycles. The van der Waals surface area contributed by atoms with Crippen LogP contribution in [0, 0.1) is 0 Å². The van der Waals surface area contributed by atoms with E-state index in [2.05, 4.69) is 26.6 Å². The molecule has 0 saturated carbocycles. The summed E-state index contributed by atoms with van der Waals surface area (Å²) in [7, 11) is 1.57. The maximum absolute atomic E-state index is 12.4. The predicted molar refractivity (Wildman–Crippen MR) is 118 cm³/mol. The maximum atomic E-state index is 12.4. The first-order valence-corrected chi connectivity index (χ1v) is 9.62. The Morgan fingerprint density at radius 2 is 1.82 bits per heavy atom. The number of nitrogens with one attached hydrogen (secondary N) is 2. The molecule has 0 spiro atoms. The summed E-state index contributed by atoms with van der Waals surface area (Å²) in [6.45, 7) is 0. The maximum Gasteiger partial charge on any atom is 0.257 e. The van der Waals surface area contributed by atoms with Crippen molar-refractivity contribution >= 4 is 66.8 Å². The van der Waals surface area contributed by atoms with Crippen molar-refractivity contribution in [2.24, 2.45) is 0 Å². The molecule has 2 N–H and O–H groups in total. The largest absolute Gasteiger partial charge is 0.496 e. The van der Waals surface area contributed by atoms with Gasteiger partial charge in [-0.1, -0.05) is 18.2 Å². The molecule has 0 aliphatic heterocycles. The van der Waals surface area contributed by atoms with E-state index in [0.717, 1.165) is 27.6 Å². The van der Waals surface area contributed by atoms with Crippen LogP contribution in [0.5, 0.6) is 5.75 Å². The summed E-state index contributed by atoms with van der Waals surface area (Å²) in [5.41, 5.74) is 2.77. The first-order chi connectivity index (χ1) is 13.5. The molecule has 7 heteroatoms. The minimum absolute atomic E-state index is 0.201. The molecule has 0 saturated heterocycles. The Labute approximate surface area is 174 Å². The molecule has 4 aromatic rings. The SMILES string of the molecule is COc1ccc(C(=O)NC(=S)Nc2ccc3c(c2)oc2ccccc23)cc1Br. The van der Waals surface area contributed by atoms with Crippen molar-refractivity contribution in [1.29, 1.82) is 0 Å². The topological polar surface area (TPSA) is 63.5 Å². The van der Waals surface area contributed by atoms with E-state index in [1.54, 1.807) is 25.3 Å². The van der Waals surface area contributed by atoms with Crippen LogP contribution in [0.3, 0.4) is 0 Å². The number of halogens is 1. The van der Waals surface area contributed by atoms with E-state index in [0.29, 0.717) is 15.8 Å². The number of methoxy groups -OCH3 is 1. The van der Waals surface area contributed by atoms with Crippen molar-refractivity contribution in [2.45, 2.75) is 0 Å². The minimum atomic E-state index is -0.314. The van der Waals surface area contributed by atoms with Crippen LogP contribution in [0.15, 0.2) is 69.6 Å². The van der Waals surface area contributed by atoms with E-state index in [9.17, 15) is 4.79 Å². The van der Waals surface area contributed by atoms with Gasteiger partial charge in [-0.2, -0.15) is 0 Å². The zero-order valence-electron chi connectivity index (χ0n) is 14.8. The van der Waals surface area contributed by atoms with Gasteiger partial charge in [-0.05, 0) is 64.5 Å². The smallest absolute Gasteiger partial charge is 0.257 e. The van der Waals surface area contributed by atoms with Crippen LogP contribution in [0.1, 0.15) is 10.4 Å². The third-order valence-electron chi connectivity index (χ3n) is 4.28. The van der Waals surface area contributed by atoms with Gasteiger partial charge in [-0.15, -0.1) is 0 Å². The highest BCUT2D eigenvalue weighted by Gasteiger charge is 2.12. The molecule has 0 fully saturated rings. The van der Waals surface area contributed by atoms with Gasteiger partial charge in [0.05, 0.1) is 11.6 Å². The number of carbonyl (C=O) groups excluding carboxylic acids is 1. The molecule has 0 radical (unpaired) electrons. The summed E-state index contributed by atoms with van der Waals surface area (Å²) in [6.07, 6.45) is 0. The number of anilines is 1. The fourth-order valence-corrected chi connectivity index (χ4v) is 3.70. The second kappa shape index (κ2) is 7.61. The monoisotopic (exact) mass is 454 g/mol. The lowest BCUT2D eigenvalue weighted by atomic mass is 10.1. The molecule has 1 amide bonds. The molecule has 0 bridgehead atoms. The van der Waals surface area contributed by atoms with Gasteiger partial charge in [0.1, 0.15) is 16.9 Å². The van der Waals surface area contributed by atoms with Crippen molar-refractivity contribution in [3.63, 3.8) is 0 Å². The van der Waals surface area contributed by atoms with Crippen LogP contribution < -0.4 is 15.4 Å². The Balaban J connectivity index is 1.49. The number of furan rings is 1. The van der Waals surface area contributed by atoms with E-state index >= 15 is 0 Å². The molecular weight excluding hydrogens is 440 g/mol. The van der Waals surface area contributed by atoms with Crippen LogP contribution in [-0.2, 0) is 0 Å². The van der Waals surface area contributed by atoms with Crippen molar-refractivity contribution in [2.75, 3.05) is 12.4 Å². The highest BCUT2D eigenvalue weighted by atomic mass is 79.9. The number of amides is 1. The quantitative estimate of drug-likeness (QED) is 0.401. The van der Waals surface area contributed by atoms with Gasteiger partial charge in [0.15, 0.2) is 5.11 Å². The summed E-state index contributed by atoms with van der Waals surface area (Å²) in [5.74, 6) is 0.335. The Hall–Kier alpha value is -2.90. The van der Waals surface area contributed by atoms with Crippen molar-refractivity contribution in [1.82, 2.24) is 5.32 Å². The van der Waals surface area contributed by atoms with E-state index in [4.69, 9.17) is 21.4 Å². The molecule has 28 heavy (non-hydrogen) atoms. The Morgan fingerprint density at radius 3 is 2.61 bits per heavy atom. The van der Waals surface area contributed by atoms with Crippen LogP contribution in [-0.4, -0.2) is 18.1 Å². The molecule has 5 nitrogen and oxygen atoms in total. The molecule has 3 aromatic carbocycles. The van der Waals surface area contributed by atoms with Crippen LogP contribution in [0.4, 0.5) is 5.69 Å². The summed E-state index contributed by atoms with van der Waals surface area (Å²) in [5, 5.41) is 7.98. The average Bonchev–Trinajstić information content (AvgIpc) is 3.05. The number of benzene rings is 3. The van der Waals surface area contributed by atoms with Gasteiger partial charge in [-0.25, -0.2) is 0 Å². The van der Waals surface area contributed by atoms with E-state index < -0.39 is 0 Å². The van der Waals surface area contributed by atoms with Gasteiger partial charge in [0.25, 0.3) is 5.91 Å². The van der Waals surface area contributed by atoms with Crippen molar-refractivity contribution in [3.05, 3.63) is 70.7 Å². The van der Waals surface area contributed by atoms with Crippen molar-refractivity contribution in [3.8, 4) is 5.75 Å². The average molecular weight is 455 g/mol. The van der Waals surface area contributed by atoms with Gasteiger partial charge >= 0.3 is 0 Å². The molecule has 0 aliphatic carbocycles. The zero-order valence-corrected chi connectivity index (χ0v) is 17.2. The van der Waals surface area contributed by atoms with Crippen LogP contribution >= 0.6 is 28.1 Å². The Bertz CT molecular complexity index is 1220. The summed E-state index contributed by atoms with van der Waals surface area (Å²) in [4.78, 5) is 12.4. The number of rotatable bonds is 3. The Kier molecular flexibility index (Phi) is 5.02. The standard InChI is InChI=1S/C21H15BrN2O3S/c1-26-18-9-6-12(10-16(18)22)20(25)24-21(28)23-13-7-8-15-14-4-2-3-5-17(14)27-19(15)11-13/h2-11H,1H3,(H2,23,24,25,28). The number of fused-ring (bicyclic) bond motifs is 3. The third-order valence-corrected chi connectivity index (χ3v) is 5.10. The number of para-hydroxylation sites is 1. The highest BCUT2D eigenvalue weighted by molar-refractivity contribution is 9.10. The van der Waals surface area contributed by atoms with Crippen molar-refractivity contribution < 1.29 is 13.9 Å². The number of hydrogen-bond donors (Lipinski definition) is 2. The van der Waals surface area contributed by atoms with E-state index in [-0.39, 0.29) is 11.0 Å². The lowest BCUT2D eigenvalue weighted by Gasteiger charge is -2.10. The lowest BCUT2D eigenvalue weighted by Crippen LogP contribution is -2.34. The lowest BCUT2D eigenvalue weighted by molar-refractivity contribution is 0.0977. The third kappa shape index (κ3) is 3.58. The van der Waals surface area contributed by atoms with Gasteiger partial charge < -0.3 is 14.5 Å². The highest BCUT2D eigenvalue weighted by Crippen LogP contribution is 2.30. The zero-order chi connectivity index (χ0) is 19.7. The summed E-state index contributed by atoms with van der Waals surface area (Å²) >= 11 is 8.64. The molecule has 140 valence electrons. The molecule has 0 aliphatic rings. The number of hydrogen-bond acceptors (Lipinski definition) is 4. The van der Waals surface area contributed by atoms with E-state index in [1.807, 2.05) is 42.5 Å². The fraction of sp³-hybridized carbons (Fsp3) is 0.0476. The molecule has 4 rings (SSSR count). The number of ether oxygens (including phenoxy) is 1. The normalized spacial score (nSPS) is 10.8. The first kappa shape index (κ1) is 18.5. The molecule has 0 unspecified atom stereocenters. The minimum Gasteiger partial charge on any atom is -0.496 e. The summed E-state index contributed by atoms with van der Waals surface area (Å²) < 4.78 is 11.7. The predicted octanol–water partition coefficient (Wildman–Crippen LogP) is 5.48. The van der Waals surface area contributed by atoms with Crippen LogP contribution in [0.25, 0.3) is 21.9 Å². The second-order valence-electron chi connectivity index (χ2n) is 6.07. The van der Waals surface area contributed by atoms with Gasteiger partial charge in [0.2, 0.25) is 0 Å². The van der Waals surface area contributed by atoms with Crippen LogP contribution in [0.2, 0.25) is 0 Å². The first-order valence-electron chi connectivity index (χ1n) is 8.42. The van der Waals surface area contributed by atoms with Gasteiger partial charge in [-0.3, -0.25) is 10.1 Å². The van der Waals surface area contributed by atoms with Gasteiger partial charge in [0, 0.05) is 28.1 Å². The summed E-state index contributed by atoms with van der Waals surface area (Å²) in [6, 6.07) is 18.6. The molecule has 1 aromatic heterocycles. The van der Waals surface area contributed by atoms with E-state index in [1.165, 1.54) is 0 Å². The number of carbonyl (C=O) groups is 1. The number of thiocarbonyl (C=S) groups is 1. The fourth-order valence-electron chi connectivity index (χ4n) is 2.95. The Morgan fingerprint density at radius 1 is 1.04 bits per heavy atom.